The minimum Gasteiger partial charge on any atom is -0.261 e. The van der Waals surface area contributed by atoms with Gasteiger partial charge in [-0.25, -0.2) is 0 Å². The first-order valence-electron chi connectivity index (χ1n) is 3.78. The third-order valence-corrected chi connectivity index (χ3v) is 1.78. The number of hydrogen-bond donors (Lipinski definition) is 0. The van der Waals surface area contributed by atoms with Crippen molar-refractivity contribution >= 4 is 23.7 Å². The van der Waals surface area contributed by atoms with Crippen molar-refractivity contribution in [1.29, 1.82) is 0 Å². The highest BCUT2D eigenvalue weighted by Crippen LogP contribution is 2.03. The van der Waals surface area contributed by atoms with Gasteiger partial charge in [0, 0.05) is 17.8 Å². The molecule has 0 aliphatic heterocycles. The van der Waals surface area contributed by atoms with E-state index in [9.17, 15) is 0 Å². The SMILES string of the molecule is CC/C(C=S)=C/c1cnccn1. The minimum atomic E-state index is 0.857. The Bertz CT molecular complexity index is 280. The fourth-order valence-electron chi connectivity index (χ4n) is 0.795. The van der Waals surface area contributed by atoms with E-state index in [1.807, 2.05) is 6.08 Å². The van der Waals surface area contributed by atoms with Gasteiger partial charge in [-0.2, -0.15) is 0 Å². The Morgan fingerprint density at radius 3 is 2.92 bits per heavy atom. The van der Waals surface area contributed by atoms with Crippen LogP contribution in [-0.4, -0.2) is 15.3 Å². The molecule has 1 aromatic rings. The van der Waals surface area contributed by atoms with Gasteiger partial charge < -0.3 is 0 Å². The standard InChI is InChI=1S/C9H10N2S/c1-2-8(7-12)5-9-6-10-3-4-11-9/h3-7H,2H2,1H3/b8-5-. The van der Waals surface area contributed by atoms with Crippen LogP contribution < -0.4 is 0 Å². The molecule has 3 heteroatoms. The molecule has 2 nitrogen and oxygen atoms in total. The highest BCUT2D eigenvalue weighted by molar-refractivity contribution is 7.79. The number of aromatic nitrogens is 2. The maximum absolute atomic E-state index is 4.83. The van der Waals surface area contributed by atoms with Crippen LogP contribution in [0.3, 0.4) is 0 Å². The highest BCUT2D eigenvalue weighted by Gasteiger charge is 1.90. The summed E-state index contributed by atoms with van der Waals surface area (Å²) in [5, 5.41) is 1.68. The van der Waals surface area contributed by atoms with Crippen molar-refractivity contribution in [3.8, 4) is 0 Å². The molecule has 0 atom stereocenters. The summed E-state index contributed by atoms with van der Waals surface area (Å²) in [4.78, 5) is 8.06. The maximum Gasteiger partial charge on any atom is 0.0815 e. The fraction of sp³-hybridized carbons (Fsp3) is 0.222. The number of allylic oxidation sites excluding steroid dienone is 1. The first kappa shape index (κ1) is 9.00. The average Bonchev–Trinajstić information content (AvgIpc) is 2.16. The van der Waals surface area contributed by atoms with Gasteiger partial charge in [-0.3, -0.25) is 9.97 Å². The summed E-state index contributed by atoms with van der Waals surface area (Å²) < 4.78 is 0. The van der Waals surface area contributed by atoms with Crippen LogP contribution in [0.5, 0.6) is 0 Å². The van der Waals surface area contributed by atoms with Crippen molar-refractivity contribution in [3.05, 3.63) is 29.9 Å². The first-order valence-corrected chi connectivity index (χ1v) is 4.25. The van der Waals surface area contributed by atoms with Crippen molar-refractivity contribution in [1.82, 2.24) is 9.97 Å². The third kappa shape index (κ3) is 2.51. The van der Waals surface area contributed by atoms with Gasteiger partial charge >= 0.3 is 0 Å². The molecule has 62 valence electrons. The van der Waals surface area contributed by atoms with Crippen molar-refractivity contribution in [2.24, 2.45) is 0 Å². The molecular formula is C9H10N2S. The molecule has 0 unspecified atom stereocenters. The Morgan fingerprint density at radius 1 is 1.58 bits per heavy atom. The van der Waals surface area contributed by atoms with E-state index in [2.05, 4.69) is 16.9 Å². The van der Waals surface area contributed by atoms with Gasteiger partial charge in [0.2, 0.25) is 0 Å². The normalized spacial score (nSPS) is 11.2. The van der Waals surface area contributed by atoms with Crippen LogP contribution in [0.15, 0.2) is 24.2 Å². The molecule has 0 aliphatic carbocycles. The third-order valence-electron chi connectivity index (χ3n) is 1.48. The lowest BCUT2D eigenvalue weighted by Gasteiger charge is -1.94. The summed E-state index contributed by atoms with van der Waals surface area (Å²) in [7, 11) is 0. The predicted octanol–water partition coefficient (Wildman–Crippen LogP) is 2.27. The molecule has 0 N–H and O–H groups in total. The molecule has 12 heavy (non-hydrogen) atoms. The Balaban J connectivity index is 2.86. The van der Waals surface area contributed by atoms with Gasteiger partial charge in [-0.1, -0.05) is 19.1 Å². The molecular weight excluding hydrogens is 168 g/mol. The van der Waals surface area contributed by atoms with E-state index in [0.29, 0.717) is 0 Å². The van der Waals surface area contributed by atoms with E-state index in [-0.39, 0.29) is 0 Å². The number of nitrogens with zero attached hydrogens (tertiary/aromatic N) is 2. The van der Waals surface area contributed by atoms with Crippen molar-refractivity contribution in [2.75, 3.05) is 0 Å². The molecule has 0 aromatic carbocycles. The summed E-state index contributed by atoms with van der Waals surface area (Å²) in [5.74, 6) is 0. The second-order valence-electron chi connectivity index (χ2n) is 2.32. The van der Waals surface area contributed by atoms with Crippen molar-refractivity contribution in [3.63, 3.8) is 0 Å². The van der Waals surface area contributed by atoms with E-state index in [1.165, 1.54) is 0 Å². The summed E-state index contributed by atoms with van der Waals surface area (Å²) >= 11 is 4.83. The van der Waals surface area contributed by atoms with E-state index in [0.717, 1.165) is 17.7 Å². The lowest BCUT2D eigenvalue weighted by molar-refractivity contribution is 1.16. The Labute approximate surface area is 77.4 Å². The van der Waals surface area contributed by atoms with Gasteiger partial charge in [0.1, 0.15) is 0 Å². The molecule has 0 spiro atoms. The van der Waals surface area contributed by atoms with Crippen LogP contribution in [0.1, 0.15) is 19.0 Å². The van der Waals surface area contributed by atoms with Crippen LogP contribution in [0, 0.1) is 0 Å². The molecule has 0 bridgehead atoms. The average molecular weight is 178 g/mol. The number of hydrogen-bond acceptors (Lipinski definition) is 3. The zero-order chi connectivity index (χ0) is 8.81. The topological polar surface area (TPSA) is 25.8 Å². The zero-order valence-electron chi connectivity index (χ0n) is 6.90. The highest BCUT2D eigenvalue weighted by atomic mass is 32.1. The second-order valence-corrected chi connectivity index (χ2v) is 2.56. The van der Waals surface area contributed by atoms with Crippen LogP contribution >= 0.6 is 12.2 Å². The lowest BCUT2D eigenvalue weighted by Crippen LogP contribution is -1.84. The van der Waals surface area contributed by atoms with E-state index in [1.54, 1.807) is 24.0 Å². The first-order chi connectivity index (χ1) is 5.86. The molecule has 0 saturated carbocycles. The lowest BCUT2D eigenvalue weighted by atomic mass is 10.2. The van der Waals surface area contributed by atoms with Crippen LogP contribution in [0.4, 0.5) is 0 Å². The van der Waals surface area contributed by atoms with Gasteiger partial charge in [0.05, 0.1) is 11.9 Å². The zero-order valence-corrected chi connectivity index (χ0v) is 7.71. The Hall–Kier alpha value is -1.09. The molecule has 1 aromatic heterocycles. The van der Waals surface area contributed by atoms with E-state index < -0.39 is 0 Å². The molecule has 0 fully saturated rings. The van der Waals surface area contributed by atoms with Gasteiger partial charge in [-0.15, -0.1) is 0 Å². The summed E-state index contributed by atoms with van der Waals surface area (Å²) in [6, 6.07) is 0. The molecule has 0 amide bonds. The van der Waals surface area contributed by atoms with Gasteiger partial charge in [0.15, 0.2) is 0 Å². The molecule has 0 radical (unpaired) electrons. The number of thiocarbonyl (C=S) groups is 1. The van der Waals surface area contributed by atoms with Crippen LogP contribution in [0.2, 0.25) is 0 Å². The van der Waals surface area contributed by atoms with Gasteiger partial charge in [0.25, 0.3) is 0 Å². The maximum atomic E-state index is 4.83. The molecule has 1 rings (SSSR count). The smallest absolute Gasteiger partial charge is 0.0815 e. The minimum absolute atomic E-state index is 0.857. The monoisotopic (exact) mass is 178 g/mol. The Kier molecular flexibility index (Phi) is 3.54. The van der Waals surface area contributed by atoms with E-state index >= 15 is 0 Å². The molecule has 0 aliphatic rings. The fourth-order valence-corrected chi connectivity index (χ4v) is 1.03. The largest absolute Gasteiger partial charge is 0.261 e. The molecule has 0 saturated heterocycles. The summed E-state index contributed by atoms with van der Waals surface area (Å²) in [6.45, 7) is 2.06. The van der Waals surface area contributed by atoms with Crippen molar-refractivity contribution in [2.45, 2.75) is 13.3 Å². The Morgan fingerprint density at radius 2 is 2.42 bits per heavy atom. The predicted molar refractivity (Wildman–Crippen MR) is 54.0 cm³/mol. The van der Waals surface area contributed by atoms with E-state index in [4.69, 9.17) is 12.2 Å². The van der Waals surface area contributed by atoms with Gasteiger partial charge in [-0.05, 0) is 18.1 Å². The second kappa shape index (κ2) is 4.72. The van der Waals surface area contributed by atoms with Crippen molar-refractivity contribution < 1.29 is 0 Å². The summed E-state index contributed by atoms with van der Waals surface area (Å²) in [5.41, 5.74) is 1.96. The number of rotatable bonds is 3. The van der Waals surface area contributed by atoms with Crippen LogP contribution in [0.25, 0.3) is 6.08 Å². The van der Waals surface area contributed by atoms with Crippen LogP contribution in [-0.2, 0) is 0 Å². The summed E-state index contributed by atoms with van der Waals surface area (Å²) in [6.07, 6.45) is 7.91. The molecule has 1 heterocycles. The quantitative estimate of drug-likeness (QED) is 0.524.